The number of rotatable bonds is 3. The van der Waals surface area contributed by atoms with Crippen LogP contribution in [0.5, 0.6) is 0 Å². The van der Waals surface area contributed by atoms with Gasteiger partial charge in [-0.15, -0.1) is 0 Å². The maximum Gasteiger partial charge on any atom is 0.513 e. The Hall–Kier alpha value is -0.340. The van der Waals surface area contributed by atoms with Crippen molar-refractivity contribution in [3.05, 3.63) is 0 Å². The van der Waals surface area contributed by atoms with Gasteiger partial charge >= 0.3 is 15.5 Å². The Morgan fingerprint density at radius 3 is 2.18 bits per heavy atom. The summed E-state index contributed by atoms with van der Waals surface area (Å²) in [4.78, 5) is 4.76. The molecule has 11 heavy (non-hydrogen) atoms. The lowest BCUT2D eigenvalue weighted by atomic mass is 10.9. The van der Waals surface area contributed by atoms with E-state index in [-0.39, 0.29) is 6.61 Å². The number of sulfonamides is 1. The summed E-state index contributed by atoms with van der Waals surface area (Å²) in [5.74, 6) is 0. The van der Waals surface area contributed by atoms with Gasteiger partial charge in [0.1, 0.15) is 0 Å². The minimum absolute atomic E-state index is 0.171. The van der Waals surface area contributed by atoms with Gasteiger partial charge in [0, 0.05) is 0 Å². The summed E-state index contributed by atoms with van der Waals surface area (Å²) in [6, 6.07) is 0. The molecule has 0 spiro atoms. The molecule has 0 aliphatic rings. The van der Waals surface area contributed by atoms with Gasteiger partial charge in [0.2, 0.25) is 0 Å². The molecular formula is C3H6F3NO3S. The van der Waals surface area contributed by atoms with Gasteiger partial charge < -0.3 is 0 Å². The van der Waals surface area contributed by atoms with Gasteiger partial charge in [-0.05, 0) is 6.92 Å². The van der Waals surface area contributed by atoms with Crippen LogP contribution in [0.4, 0.5) is 13.2 Å². The summed E-state index contributed by atoms with van der Waals surface area (Å²) in [6.45, 7) is 1.17. The first kappa shape index (κ1) is 10.7. The Morgan fingerprint density at radius 2 is 1.91 bits per heavy atom. The third-order valence-electron chi connectivity index (χ3n) is 0.618. The van der Waals surface area contributed by atoms with Crippen LogP contribution in [0.25, 0.3) is 0 Å². The second kappa shape index (κ2) is 3.37. The molecule has 0 aromatic carbocycles. The van der Waals surface area contributed by atoms with Crippen molar-refractivity contribution in [3.8, 4) is 0 Å². The standard InChI is InChI=1S/C3H6F3NO3S/c1-2-10-7-11(8,9)3(4,5)6/h7H,2H2,1H3. The van der Waals surface area contributed by atoms with E-state index in [2.05, 4.69) is 4.84 Å². The third-order valence-corrected chi connectivity index (χ3v) is 1.56. The van der Waals surface area contributed by atoms with E-state index in [4.69, 9.17) is 0 Å². The van der Waals surface area contributed by atoms with Crippen LogP contribution in [0.2, 0.25) is 0 Å². The van der Waals surface area contributed by atoms with Crippen molar-refractivity contribution in [2.45, 2.75) is 12.4 Å². The van der Waals surface area contributed by atoms with Gasteiger partial charge in [0.15, 0.2) is 0 Å². The normalized spacial score (nSPS) is 13.5. The fraction of sp³-hybridized carbons (Fsp3) is 1.00. The lowest BCUT2D eigenvalue weighted by Gasteiger charge is -2.07. The molecule has 0 aliphatic heterocycles. The minimum Gasteiger partial charge on any atom is -0.287 e. The van der Waals surface area contributed by atoms with Crippen LogP contribution >= 0.6 is 0 Å². The molecule has 0 aromatic heterocycles. The van der Waals surface area contributed by atoms with Gasteiger partial charge in [0.05, 0.1) is 6.61 Å². The lowest BCUT2D eigenvalue weighted by Crippen LogP contribution is -2.36. The molecule has 68 valence electrons. The van der Waals surface area contributed by atoms with Crippen molar-refractivity contribution in [1.29, 1.82) is 0 Å². The number of halogens is 3. The zero-order valence-electron chi connectivity index (χ0n) is 5.47. The molecule has 0 unspecified atom stereocenters. The Morgan fingerprint density at radius 1 is 1.45 bits per heavy atom. The first-order chi connectivity index (χ1) is 4.81. The summed E-state index contributed by atoms with van der Waals surface area (Å²) in [5, 5.41) is 0. The van der Waals surface area contributed by atoms with Crippen molar-refractivity contribution < 1.29 is 26.4 Å². The van der Waals surface area contributed by atoms with E-state index < -0.39 is 15.5 Å². The van der Waals surface area contributed by atoms with Crippen LogP contribution in [0.15, 0.2) is 0 Å². The predicted octanol–water partition coefficient (Wildman–Crippen LogP) is 0.377. The van der Waals surface area contributed by atoms with Crippen molar-refractivity contribution in [3.63, 3.8) is 0 Å². The van der Waals surface area contributed by atoms with Crippen LogP contribution < -0.4 is 4.89 Å². The molecule has 0 bridgehead atoms. The molecule has 0 radical (unpaired) electrons. The number of hydrogen-bond acceptors (Lipinski definition) is 3. The topological polar surface area (TPSA) is 55.4 Å². The molecule has 0 saturated carbocycles. The molecule has 0 atom stereocenters. The molecule has 0 aliphatic carbocycles. The maximum atomic E-state index is 11.4. The number of nitrogens with one attached hydrogen (secondary N) is 1. The van der Waals surface area contributed by atoms with Crippen LogP contribution in [0.1, 0.15) is 6.92 Å². The van der Waals surface area contributed by atoms with Crippen LogP contribution in [-0.4, -0.2) is 20.5 Å². The lowest BCUT2D eigenvalue weighted by molar-refractivity contribution is -0.0513. The second-order valence-electron chi connectivity index (χ2n) is 1.47. The highest BCUT2D eigenvalue weighted by atomic mass is 32.2. The van der Waals surface area contributed by atoms with Gasteiger partial charge in [0.25, 0.3) is 0 Å². The summed E-state index contributed by atoms with van der Waals surface area (Å²) in [7, 11) is -5.33. The minimum atomic E-state index is -5.33. The maximum absolute atomic E-state index is 11.4. The first-order valence-corrected chi connectivity index (χ1v) is 3.99. The van der Waals surface area contributed by atoms with E-state index in [9.17, 15) is 21.6 Å². The second-order valence-corrected chi connectivity index (χ2v) is 3.10. The smallest absolute Gasteiger partial charge is 0.287 e. The van der Waals surface area contributed by atoms with Gasteiger partial charge in [-0.1, -0.05) is 4.89 Å². The Kier molecular flexibility index (Phi) is 3.27. The molecule has 0 aromatic rings. The van der Waals surface area contributed by atoms with E-state index in [1.54, 1.807) is 0 Å². The van der Waals surface area contributed by atoms with Crippen molar-refractivity contribution >= 4 is 10.0 Å². The van der Waals surface area contributed by atoms with Crippen molar-refractivity contribution in [2.75, 3.05) is 6.61 Å². The highest BCUT2D eigenvalue weighted by molar-refractivity contribution is 7.90. The highest BCUT2D eigenvalue weighted by Gasteiger charge is 2.46. The van der Waals surface area contributed by atoms with Gasteiger partial charge in [-0.2, -0.15) is 13.2 Å². The zero-order valence-corrected chi connectivity index (χ0v) is 6.29. The first-order valence-electron chi connectivity index (χ1n) is 2.51. The zero-order chi connectivity index (χ0) is 9.12. The van der Waals surface area contributed by atoms with Crippen molar-refractivity contribution in [2.24, 2.45) is 0 Å². The fourth-order valence-corrected chi connectivity index (χ4v) is 0.551. The Bertz CT molecular complexity index is 208. The van der Waals surface area contributed by atoms with E-state index in [1.165, 1.54) is 6.92 Å². The van der Waals surface area contributed by atoms with Crippen LogP contribution in [0.3, 0.4) is 0 Å². The molecule has 1 N–H and O–H groups in total. The monoisotopic (exact) mass is 193 g/mol. The molecule has 0 amide bonds. The average Bonchev–Trinajstić information content (AvgIpc) is 1.81. The average molecular weight is 193 g/mol. The van der Waals surface area contributed by atoms with Crippen molar-refractivity contribution in [1.82, 2.24) is 4.89 Å². The Labute approximate surface area is 61.3 Å². The van der Waals surface area contributed by atoms with E-state index in [0.29, 0.717) is 0 Å². The summed E-state index contributed by atoms with van der Waals surface area (Å²) in [5.41, 5.74) is -5.32. The predicted molar refractivity (Wildman–Crippen MR) is 29.7 cm³/mol. The molecule has 0 heterocycles. The van der Waals surface area contributed by atoms with Gasteiger partial charge in [-0.3, -0.25) is 4.84 Å². The highest BCUT2D eigenvalue weighted by Crippen LogP contribution is 2.21. The molecule has 0 fully saturated rings. The molecule has 4 nitrogen and oxygen atoms in total. The summed E-state index contributed by atoms with van der Waals surface area (Å²) < 4.78 is 54.4. The molecule has 0 rings (SSSR count). The van der Waals surface area contributed by atoms with E-state index in [0.717, 1.165) is 4.89 Å². The van der Waals surface area contributed by atoms with E-state index in [1.807, 2.05) is 0 Å². The molecule has 0 saturated heterocycles. The molecular weight excluding hydrogens is 187 g/mol. The third kappa shape index (κ3) is 3.04. The fourth-order valence-electron chi connectivity index (χ4n) is 0.184. The number of alkyl halides is 3. The largest absolute Gasteiger partial charge is 0.513 e. The summed E-state index contributed by atoms with van der Waals surface area (Å²) in [6.07, 6.45) is 0. The Balaban J connectivity index is 4.26. The quantitative estimate of drug-likeness (QED) is 0.659. The number of hydrogen-bond donors (Lipinski definition) is 1. The van der Waals surface area contributed by atoms with Gasteiger partial charge in [-0.25, -0.2) is 8.42 Å². The SMILES string of the molecule is CCONS(=O)(=O)C(F)(F)F. The van der Waals surface area contributed by atoms with Crippen LogP contribution in [-0.2, 0) is 14.9 Å². The van der Waals surface area contributed by atoms with Crippen LogP contribution in [0, 0.1) is 0 Å². The summed E-state index contributed by atoms with van der Waals surface area (Å²) >= 11 is 0. The molecule has 8 heteroatoms. The van der Waals surface area contributed by atoms with E-state index >= 15 is 0 Å².